The molecule has 20 nitrogen and oxygen atoms in total. The lowest BCUT2D eigenvalue weighted by Gasteiger charge is -2.28. The maximum atomic E-state index is 13.4. The first-order valence-electron chi connectivity index (χ1n) is 19.0. The lowest BCUT2D eigenvalue weighted by molar-refractivity contribution is -0.142. The van der Waals surface area contributed by atoms with Gasteiger partial charge in [-0.2, -0.15) is 0 Å². The molecule has 0 fully saturated rings. The Morgan fingerprint density at radius 3 is 1.55 bits per heavy atom. The number of rotatable bonds is 27. The van der Waals surface area contributed by atoms with Crippen molar-refractivity contribution in [2.75, 3.05) is 19.6 Å². The Morgan fingerprint density at radius 1 is 0.625 bits per heavy atom. The molecule has 320 valence electrons. The summed E-state index contributed by atoms with van der Waals surface area (Å²) in [5.74, 6) is -4.49. The van der Waals surface area contributed by atoms with Gasteiger partial charge in [-0.15, -0.1) is 0 Å². The zero-order valence-electron chi connectivity index (χ0n) is 34.3. The van der Waals surface area contributed by atoms with Crippen LogP contribution in [0.5, 0.6) is 0 Å². The minimum Gasteiger partial charge on any atom is -0.480 e. The second-order valence-corrected chi connectivity index (χ2v) is 15.6. The van der Waals surface area contributed by atoms with Crippen LogP contribution >= 0.6 is 0 Å². The highest BCUT2D eigenvalue weighted by atomic mass is 16.4. The minimum absolute atomic E-state index is 0.000864. The normalized spacial score (nSPS) is 13.9. The molecule has 56 heavy (non-hydrogen) atoms. The number of carboxylic acids is 1. The number of hydrogen-bond donors (Lipinski definition) is 11. The maximum Gasteiger partial charge on any atom is 0.326 e. The van der Waals surface area contributed by atoms with Gasteiger partial charge in [0.25, 0.3) is 0 Å². The highest BCUT2D eigenvalue weighted by Crippen LogP contribution is 2.22. The Morgan fingerprint density at radius 2 is 1.09 bits per heavy atom. The van der Waals surface area contributed by atoms with E-state index in [2.05, 4.69) is 41.9 Å². The molecule has 0 aromatic rings. The number of carbonyl (C=O) groups excluding carboxylic acids is 6. The summed E-state index contributed by atoms with van der Waals surface area (Å²) >= 11 is 0. The van der Waals surface area contributed by atoms with Crippen molar-refractivity contribution in [1.82, 2.24) is 31.9 Å². The summed E-state index contributed by atoms with van der Waals surface area (Å²) in [6.07, 6.45) is 1.97. The summed E-state index contributed by atoms with van der Waals surface area (Å²) in [5, 5.41) is 25.5. The third-order valence-electron chi connectivity index (χ3n) is 8.42. The SMILES string of the molecule is CC(=O)N[C@@H](CCCN=C(N)N)C(=O)N[C@@H](CC(C)C)C(=O)NCC(C)(C)CCC(=O)N[C@@H](CC(C)C)C(=O)N[C@@H](C)C(=O)N[C@@H](CCCN=C(N)N)C(=O)O. The van der Waals surface area contributed by atoms with Gasteiger partial charge < -0.3 is 59.9 Å². The quantitative estimate of drug-likeness (QED) is 0.0261. The van der Waals surface area contributed by atoms with Crippen molar-refractivity contribution in [2.45, 2.75) is 137 Å². The molecular weight excluding hydrogens is 728 g/mol. The van der Waals surface area contributed by atoms with Gasteiger partial charge in [0, 0.05) is 33.0 Å². The van der Waals surface area contributed by atoms with Gasteiger partial charge in [0.2, 0.25) is 35.4 Å². The Labute approximate surface area is 330 Å². The highest BCUT2D eigenvalue weighted by molar-refractivity contribution is 5.93. The number of hydrogen-bond acceptors (Lipinski definition) is 9. The lowest BCUT2D eigenvalue weighted by atomic mass is 9.87. The van der Waals surface area contributed by atoms with Gasteiger partial charge in [-0.25, -0.2) is 4.79 Å². The molecule has 20 heteroatoms. The molecule has 0 saturated heterocycles. The largest absolute Gasteiger partial charge is 0.480 e. The Balaban J connectivity index is 5.38. The van der Waals surface area contributed by atoms with Gasteiger partial charge in [0.1, 0.15) is 30.2 Å². The van der Waals surface area contributed by atoms with Crippen molar-refractivity contribution >= 4 is 53.3 Å². The average molecular weight is 797 g/mol. The number of guanidine groups is 2. The minimum atomic E-state index is -1.25. The van der Waals surface area contributed by atoms with Crippen molar-refractivity contribution in [3.63, 3.8) is 0 Å². The second kappa shape index (κ2) is 25.8. The maximum absolute atomic E-state index is 13.4. The van der Waals surface area contributed by atoms with Crippen LogP contribution in [0.4, 0.5) is 0 Å². The summed E-state index contributed by atoms with van der Waals surface area (Å²) in [5.41, 5.74) is 20.7. The topological polar surface area (TPSA) is 341 Å². The molecule has 0 aliphatic rings. The van der Waals surface area contributed by atoms with Crippen LogP contribution < -0.4 is 54.8 Å². The Kier molecular flexibility index (Phi) is 23.4. The number of nitrogens with one attached hydrogen (secondary N) is 6. The lowest BCUT2D eigenvalue weighted by Crippen LogP contribution is -2.55. The summed E-state index contributed by atoms with van der Waals surface area (Å²) in [6, 6.07) is -5.09. The highest BCUT2D eigenvalue weighted by Gasteiger charge is 2.30. The van der Waals surface area contributed by atoms with Gasteiger partial charge in [-0.1, -0.05) is 41.5 Å². The van der Waals surface area contributed by atoms with Gasteiger partial charge >= 0.3 is 5.97 Å². The van der Waals surface area contributed by atoms with Crippen LogP contribution in [-0.4, -0.2) is 108 Å². The summed E-state index contributed by atoms with van der Waals surface area (Å²) < 4.78 is 0. The van der Waals surface area contributed by atoms with Gasteiger partial charge in [0.15, 0.2) is 11.9 Å². The second-order valence-electron chi connectivity index (χ2n) is 15.6. The van der Waals surface area contributed by atoms with E-state index in [1.54, 1.807) is 0 Å². The third kappa shape index (κ3) is 23.6. The van der Waals surface area contributed by atoms with Crippen LogP contribution in [0.25, 0.3) is 0 Å². The molecular formula is C36H68N12O8. The van der Waals surface area contributed by atoms with E-state index in [-0.39, 0.29) is 69.1 Å². The number of amides is 6. The van der Waals surface area contributed by atoms with Gasteiger partial charge in [-0.3, -0.25) is 38.8 Å². The summed E-state index contributed by atoms with van der Waals surface area (Å²) in [7, 11) is 0. The first kappa shape index (κ1) is 50.8. The van der Waals surface area contributed by atoms with Crippen molar-refractivity contribution < 1.29 is 38.7 Å². The molecule has 6 amide bonds. The predicted molar refractivity (Wildman–Crippen MR) is 213 cm³/mol. The fourth-order valence-electron chi connectivity index (χ4n) is 5.39. The van der Waals surface area contributed by atoms with Crippen LogP contribution in [0.2, 0.25) is 0 Å². The smallest absolute Gasteiger partial charge is 0.326 e. The number of aliphatic carboxylic acids is 1. The van der Waals surface area contributed by atoms with Crippen LogP contribution in [0.3, 0.4) is 0 Å². The van der Waals surface area contributed by atoms with Gasteiger partial charge in [-0.05, 0) is 69.1 Å². The molecule has 0 unspecified atom stereocenters. The van der Waals surface area contributed by atoms with E-state index in [4.69, 9.17) is 22.9 Å². The Bertz CT molecular complexity index is 1380. The molecule has 0 radical (unpaired) electrons. The third-order valence-corrected chi connectivity index (χ3v) is 8.42. The summed E-state index contributed by atoms with van der Waals surface area (Å²) in [6.45, 7) is 14.6. The van der Waals surface area contributed by atoms with Crippen molar-refractivity contribution in [3.05, 3.63) is 0 Å². The number of nitrogens with zero attached hydrogens (tertiary/aromatic N) is 2. The average Bonchev–Trinajstić information content (AvgIpc) is 3.07. The van der Waals surface area contributed by atoms with Gasteiger partial charge in [0.05, 0.1) is 0 Å². The van der Waals surface area contributed by atoms with Crippen LogP contribution in [0.1, 0.15) is 107 Å². The van der Waals surface area contributed by atoms with E-state index in [1.165, 1.54) is 13.8 Å². The fraction of sp³-hybridized carbons (Fsp3) is 0.750. The summed E-state index contributed by atoms with van der Waals surface area (Å²) in [4.78, 5) is 96.8. The van der Waals surface area contributed by atoms with E-state index in [0.29, 0.717) is 25.7 Å². The molecule has 0 saturated carbocycles. The molecule has 0 bridgehead atoms. The van der Waals surface area contributed by atoms with Crippen LogP contribution in [-0.2, 0) is 33.6 Å². The van der Waals surface area contributed by atoms with Crippen LogP contribution in [0.15, 0.2) is 9.98 Å². The molecule has 0 aromatic heterocycles. The molecule has 5 atom stereocenters. The van der Waals surface area contributed by atoms with E-state index >= 15 is 0 Å². The first-order chi connectivity index (χ1) is 25.9. The number of carboxylic acid groups (broad SMARTS) is 1. The number of aliphatic imine (C=N–C) groups is 2. The molecule has 0 aliphatic carbocycles. The van der Waals surface area contributed by atoms with Crippen molar-refractivity contribution in [3.8, 4) is 0 Å². The molecule has 0 aromatic carbocycles. The van der Waals surface area contributed by atoms with Crippen LogP contribution in [0, 0.1) is 17.3 Å². The van der Waals surface area contributed by atoms with E-state index in [0.717, 1.165) is 0 Å². The zero-order valence-corrected chi connectivity index (χ0v) is 34.3. The molecule has 0 heterocycles. The Hall–Kier alpha value is -5.17. The van der Waals surface area contributed by atoms with E-state index in [9.17, 15) is 38.7 Å². The van der Waals surface area contributed by atoms with Crippen molar-refractivity contribution in [1.29, 1.82) is 0 Å². The van der Waals surface area contributed by atoms with Crippen molar-refractivity contribution in [2.24, 2.45) is 50.2 Å². The van der Waals surface area contributed by atoms with E-state index < -0.39 is 77.0 Å². The fourth-order valence-corrected chi connectivity index (χ4v) is 5.39. The standard InChI is InChI=1S/C36H68N12O8/c1-20(2)17-26(48-31(53)24(45-23(6)49)11-9-15-41-34(37)38)30(52)43-19-36(7,8)14-13-28(50)46-27(18-21(3)4)32(54)44-22(5)29(51)47-25(33(55)56)12-10-16-42-35(39)40/h20-22,24-27H,9-19H2,1-8H3,(H,43,52)(H,44,54)(H,45,49)(H,46,50)(H,47,51)(H,48,53)(H,55,56)(H4,37,38,41)(H4,39,40,42)/t22-,24-,25-,26-,27-/m0/s1. The van der Waals surface area contributed by atoms with E-state index in [1.807, 2.05) is 41.5 Å². The number of nitrogens with two attached hydrogens (primary N) is 4. The monoisotopic (exact) mass is 797 g/mol. The molecule has 0 aliphatic heterocycles. The molecule has 0 rings (SSSR count). The zero-order chi connectivity index (χ0) is 43.2. The predicted octanol–water partition coefficient (Wildman–Crippen LogP) is -1.34. The number of carbonyl (C=O) groups is 7. The molecule has 0 spiro atoms. The molecule has 15 N–H and O–H groups in total. The first-order valence-corrected chi connectivity index (χ1v) is 19.0.